The summed E-state index contributed by atoms with van der Waals surface area (Å²) in [6.07, 6.45) is 0. The zero-order chi connectivity index (χ0) is 14.2. The summed E-state index contributed by atoms with van der Waals surface area (Å²) < 4.78 is 37.2. The Hall–Kier alpha value is -1.23. The minimum atomic E-state index is -3.67. The molecule has 0 fully saturated rings. The summed E-state index contributed by atoms with van der Waals surface area (Å²) >= 11 is -0.617. The minimum absolute atomic E-state index is 0.0460. The fourth-order valence-corrected chi connectivity index (χ4v) is 0.776. The Morgan fingerprint density at radius 1 is 1.39 bits per heavy atom. The van der Waals surface area contributed by atoms with Crippen LogP contribution in [-0.2, 0) is 28.4 Å². The Labute approximate surface area is 105 Å². The van der Waals surface area contributed by atoms with Crippen LogP contribution in [0.25, 0.3) is 0 Å². The lowest BCUT2D eigenvalue weighted by Gasteiger charge is -2.14. The van der Waals surface area contributed by atoms with E-state index in [0.717, 1.165) is 0 Å². The molecule has 0 aromatic heterocycles. The highest BCUT2D eigenvalue weighted by Gasteiger charge is 2.34. The molecule has 7 nitrogen and oxygen atoms in total. The second-order valence-electron chi connectivity index (χ2n) is 2.87. The summed E-state index contributed by atoms with van der Waals surface area (Å²) in [7, 11) is 0. The number of alkyl halides is 2. The predicted molar refractivity (Wildman–Crippen MR) is 51.4 cm³/mol. The van der Waals surface area contributed by atoms with Gasteiger partial charge in [0.2, 0.25) is 0 Å². The number of carbonyl (C=O) groups excluding carboxylic acids is 2. The van der Waals surface area contributed by atoms with E-state index in [-0.39, 0.29) is 5.57 Å². The zero-order valence-corrected chi connectivity index (χ0v) is 9.96. The summed E-state index contributed by atoms with van der Waals surface area (Å²) in [5.41, 5.74) is 0.0460. The fourth-order valence-electron chi connectivity index (χ4n) is 0.542. The SMILES string of the molecule is C=C(C)C(=O)OCC(=O)OCC(F)(F)SOO[O-]. The first-order valence-electron chi connectivity index (χ1n) is 4.29. The van der Waals surface area contributed by atoms with Crippen molar-refractivity contribution in [1.29, 1.82) is 0 Å². The molecule has 0 amide bonds. The van der Waals surface area contributed by atoms with Crippen molar-refractivity contribution >= 4 is 24.0 Å². The maximum atomic E-state index is 12.7. The molecule has 0 rings (SSSR count). The van der Waals surface area contributed by atoms with Crippen LogP contribution in [0.3, 0.4) is 0 Å². The number of hydrogen-bond donors (Lipinski definition) is 0. The summed E-state index contributed by atoms with van der Waals surface area (Å²) in [5.74, 6) is -2.04. The van der Waals surface area contributed by atoms with Gasteiger partial charge in [0, 0.05) is 5.57 Å². The van der Waals surface area contributed by atoms with E-state index in [1.54, 1.807) is 0 Å². The van der Waals surface area contributed by atoms with Crippen molar-refractivity contribution in [2.75, 3.05) is 13.2 Å². The summed E-state index contributed by atoms with van der Waals surface area (Å²) in [4.78, 5) is 21.7. The van der Waals surface area contributed by atoms with Crippen LogP contribution in [-0.4, -0.2) is 30.4 Å². The standard InChI is InChI=1S/C8H10F2O7S/c1-5(2)7(12)14-3-6(11)15-4-8(9,10)18-17-16-13/h13H,1,3-4H2,2H3/p-1. The van der Waals surface area contributed by atoms with Gasteiger partial charge in [-0.2, -0.15) is 13.1 Å². The number of carbonyl (C=O) groups is 2. The molecule has 0 aliphatic heterocycles. The van der Waals surface area contributed by atoms with Crippen molar-refractivity contribution in [2.24, 2.45) is 0 Å². The Bertz CT molecular complexity index is 321. The van der Waals surface area contributed by atoms with Gasteiger partial charge in [-0.05, 0) is 6.92 Å². The highest BCUT2D eigenvalue weighted by atomic mass is 32.2. The number of rotatable bonds is 8. The molecule has 0 N–H and O–H groups in total. The molecule has 0 saturated heterocycles. The second-order valence-corrected chi connectivity index (χ2v) is 3.77. The van der Waals surface area contributed by atoms with Gasteiger partial charge in [0.05, 0.1) is 0 Å². The topological polar surface area (TPSA) is 94.1 Å². The molecule has 0 unspecified atom stereocenters. The first-order valence-corrected chi connectivity index (χ1v) is 5.03. The minimum Gasteiger partial charge on any atom is -0.691 e. The average Bonchev–Trinajstić information content (AvgIpc) is 2.30. The van der Waals surface area contributed by atoms with Crippen LogP contribution in [0.2, 0.25) is 0 Å². The van der Waals surface area contributed by atoms with E-state index in [1.165, 1.54) is 6.92 Å². The quantitative estimate of drug-likeness (QED) is 0.204. The van der Waals surface area contributed by atoms with Gasteiger partial charge in [0.1, 0.15) is 12.0 Å². The van der Waals surface area contributed by atoms with Crippen LogP contribution in [0.4, 0.5) is 8.78 Å². The molecule has 0 bridgehead atoms. The number of halogens is 2. The van der Waals surface area contributed by atoms with Gasteiger partial charge in [-0.25, -0.2) is 9.59 Å². The van der Waals surface area contributed by atoms with Gasteiger partial charge < -0.3 is 14.7 Å². The Morgan fingerprint density at radius 3 is 2.50 bits per heavy atom. The van der Waals surface area contributed by atoms with E-state index in [0.29, 0.717) is 0 Å². The van der Waals surface area contributed by atoms with Crippen molar-refractivity contribution in [2.45, 2.75) is 12.2 Å². The number of hydrogen-bond acceptors (Lipinski definition) is 8. The highest BCUT2D eigenvalue weighted by Crippen LogP contribution is 2.29. The normalized spacial score (nSPS) is 10.9. The molecule has 18 heavy (non-hydrogen) atoms. The first-order chi connectivity index (χ1) is 8.28. The van der Waals surface area contributed by atoms with Crippen molar-refractivity contribution in [3.63, 3.8) is 0 Å². The van der Waals surface area contributed by atoms with Crippen molar-refractivity contribution in [3.05, 3.63) is 12.2 Å². The van der Waals surface area contributed by atoms with Crippen LogP contribution in [0.1, 0.15) is 6.92 Å². The van der Waals surface area contributed by atoms with Crippen LogP contribution in [0.15, 0.2) is 12.2 Å². The molecule has 10 heteroatoms. The fraction of sp³-hybridized carbons (Fsp3) is 0.500. The molecule has 0 aromatic carbocycles. The van der Waals surface area contributed by atoms with Crippen LogP contribution in [0, 0.1) is 0 Å². The lowest BCUT2D eigenvalue weighted by atomic mass is 10.4. The van der Waals surface area contributed by atoms with Gasteiger partial charge in [0.15, 0.2) is 13.2 Å². The molecular formula is C8H9F2O7S-. The summed E-state index contributed by atoms with van der Waals surface area (Å²) in [6, 6.07) is 0. The highest BCUT2D eigenvalue weighted by molar-refractivity contribution is 7.95. The first kappa shape index (κ1) is 16.8. The molecule has 0 aliphatic rings. The van der Waals surface area contributed by atoms with Gasteiger partial charge in [0.25, 0.3) is 0 Å². The van der Waals surface area contributed by atoms with E-state index in [1.807, 2.05) is 0 Å². The van der Waals surface area contributed by atoms with E-state index < -0.39 is 42.4 Å². The maximum absolute atomic E-state index is 12.7. The molecular weight excluding hydrogens is 278 g/mol. The lowest BCUT2D eigenvalue weighted by Crippen LogP contribution is -2.25. The third kappa shape index (κ3) is 7.95. The van der Waals surface area contributed by atoms with E-state index >= 15 is 0 Å². The molecule has 0 aromatic rings. The molecule has 0 saturated carbocycles. The molecule has 0 atom stereocenters. The van der Waals surface area contributed by atoms with Crippen molar-refractivity contribution < 1.29 is 42.5 Å². The van der Waals surface area contributed by atoms with E-state index in [2.05, 4.69) is 25.4 Å². The van der Waals surface area contributed by atoms with Crippen molar-refractivity contribution in [1.82, 2.24) is 0 Å². The Balaban J connectivity index is 3.89. The van der Waals surface area contributed by atoms with Crippen LogP contribution in [0.5, 0.6) is 0 Å². The third-order valence-electron chi connectivity index (χ3n) is 1.25. The summed E-state index contributed by atoms with van der Waals surface area (Å²) in [5, 5.41) is 8.34. The van der Waals surface area contributed by atoms with Gasteiger partial charge in [-0.3, -0.25) is 5.04 Å². The molecule has 0 radical (unpaired) electrons. The van der Waals surface area contributed by atoms with Gasteiger partial charge in [-0.15, -0.1) is 0 Å². The second kappa shape index (κ2) is 7.97. The number of ether oxygens (including phenoxy) is 2. The maximum Gasteiger partial charge on any atom is 0.354 e. The zero-order valence-electron chi connectivity index (χ0n) is 9.14. The van der Waals surface area contributed by atoms with Crippen LogP contribution < -0.4 is 5.26 Å². The largest absolute Gasteiger partial charge is 0.691 e. The average molecular weight is 287 g/mol. The van der Waals surface area contributed by atoms with E-state index in [9.17, 15) is 23.6 Å². The molecule has 0 aliphatic carbocycles. The molecule has 104 valence electrons. The van der Waals surface area contributed by atoms with Gasteiger partial charge in [-0.1, -0.05) is 6.58 Å². The van der Waals surface area contributed by atoms with Gasteiger partial charge >= 0.3 is 17.2 Å². The number of esters is 2. The smallest absolute Gasteiger partial charge is 0.354 e. The van der Waals surface area contributed by atoms with Crippen LogP contribution >= 0.6 is 12.0 Å². The predicted octanol–water partition coefficient (Wildman–Crippen LogP) is 0.113. The monoisotopic (exact) mass is 287 g/mol. The molecule has 0 heterocycles. The Morgan fingerprint density at radius 2 is 2.00 bits per heavy atom. The summed E-state index contributed by atoms with van der Waals surface area (Å²) in [6.45, 7) is 2.39. The van der Waals surface area contributed by atoms with E-state index in [4.69, 9.17) is 0 Å². The van der Waals surface area contributed by atoms with Crippen molar-refractivity contribution in [3.8, 4) is 0 Å². The Kier molecular flexibility index (Phi) is 7.43. The molecule has 0 spiro atoms. The third-order valence-corrected chi connectivity index (χ3v) is 1.74. The lowest BCUT2D eigenvalue weighted by molar-refractivity contribution is -0.777.